The van der Waals surface area contributed by atoms with Crippen molar-refractivity contribution >= 4 is 16.6 Å². The second-order valence-corrected chi connectivity index (χ2v) is 5.04. The Morgan fingerprint density at radius 1 is 0.750 bits per heavy atom. The Kier molecular flexibility index (Phi) is 4.58. The van der Waals surface area contributed by atoms with Crippen molar-refractivity contribution < 1.29 is 27.1 Å². The molecule has 0 bridgehead atoms. The van der Waals surface area contributed by atoms with Crippen molar-refractivity contribution in [2.75, 3.05) is 0 Å². The average Bonchev–Trinajstić information content (AvgIpc) is 2.23. The van der Waals surface area contributed by atoms with E-state index in [1.807, 2.05) is 24.3 Å². The van der Waals surface area contributed by atoms with Crippen LogP contribution in [-0.4, -0.2) is 0 Å². The van der Waals surface area contributed by atoms with Crippen LogP contribution < -0.4 is 4.16 Å². The number of rotatable bonds is 1. The van der Waals surface area contributed by atoms with Gasteiger partial charge in [-0.1, -0.05) is 0 Å². The predicted octanol–water partition coefficient (Wildman–Crippen LogP) is 3.23. The molecule has 0 nitrogen and oxygen atoms in total. The van der Waals surface area contributed by atoms with E-state index in [1.54, 1.807) is 6.07 Å². The van der Waals surface area contributed by atoms with Crippen molar-refractivity contribution in [1.29, 1.82) is 0 Å². The molecule has 0 radical (unpaired) electrons. The van der Waals surface area contributed by atoms with Crippen LogP contribution in [0.2, 0.25) is 0 Å². The first-order valence-electron chi connectivity index (χ1n) is 4.54. The quantitative estimate of drug-likeness (QED) is 0.708. The van der Waals surface area contributed by atoms with Crippen LogP contribution in [0, 0.1) is 11.6 Å². The van der Waals surface area contributed by atoms with Gasteiger partial charge in [0.2, 0.25) is 0 Å². The fourth-order valence-electron chi connectivity index (χ4n) is 1.37. The zero-order chi connectivity index (χ0) is 10.8. The van der Waals surface area contributed by atoms with Crippen molar-refractivity contribution in [3.8, 4) is 11.1 Å². The first-order chi connectivity index (χ1) is 7.16. The molecule has 16 heavy (non-hydrogen) atoms. The summed E-state index contributed by atoms with van der Waals surface area (Å²) in [6.07, 6.45) is 0. The Balaban J connectivity index is 0.00000128. The molecule has 0 heterocycles. The second kappa shape index (κ2) is 5.51. The van der Waals surface area contributed by atoms with Gasteiger partial charge < -0.3 is 0 Å². The van der Waals surface area contributed by atoms with Gasteiger partial charge in [-0.3, -0.25) is 0 Å². The van der Waals surface area contributed by atoms with Gasteiger partial charge in [-0.15, -0.1) is 12.4 Å². The van der Waals surface area contributed by atoms with Gasteiger partial charge in [0.05, 0.1) is 0 Å². The van der Waals surface area contributed by atoms with Crippen LogP contribution in [0.15, 0.2) is 42.5 Å². The van der Waals surface area contributed by atoms with Crippen molar-refractivity contribution in [2.24, 2.45) is 0 Å². The van der Waals surface area contributed by atoms with Gasteiger partial charge >= 0.3 is 96.5 Å². The van der Waals surface area contributed by atoms with E-state index < -0.39 is 11.6 Å². The van der Waals surface area contributed by atoms with Crippen LogP contribution in [-0.2, 0) is 18.3 Å². The van der Waals surface area contributed by atoms with Gasteiger partial charge in [-0.05, 0) is 0 Å². The molecule has 0 saturated heterocycles. The summed E-state index contributed by atoms with van der Waals surface area (Å²) in [5, 5.41) is 0. The summed E-state index contributed by atoms with van der Waals surface area (Å²) in [6, 6.07) is 11.8. The Morgan fingerprint density at radius 2 is 1.31 bits per heavy atom. The van der Waals surface area contributed by atoms with Gasteiger partial charge in [0.15, 0.2) is 0 Å². The summed E-state index contributed by atoms with van der Waals surface area (Å²) in [6.45, 7) is 0. The number of hydrogen-bond donors (Lipinski definition) is 0. The Bertz CT molecular complexity index is 483. The first kappa shape index (κ1) is 13.3. The molecule has 2 rings (SSSR count). The molecule has 2 aromatic rings. The van der Waals surface area contributed by atoms with Gasteiger partial charge in [0.25, 0.3) is 0 Å². The van der Waals surface area contributed by atoms with Crippen molar-refractivity contribution in [2.45, 2.75) is 0 Å². The maximum absolute atomic E-state index is 13.0. The third kappa shape index (κ3) is 2.87. The Labute approximate surface area is 109 Å². The van der Waals surface area contributed by atoms with Gasteiger partial charge in [0.1, 0.15) is 0 Å². The van der Waals surface area contributed by atoms with Gasteiger partial charge in [-0.25, -0.2) is 0 Å². The molecule has 0 fully saturated rings. The Hall–Kier alpha value is -0.787. The number of hydrogen-bond acceptors (Lipinski definition) is 0. The zero-order valence-electron chi connectivity index (χ0n) is 8.41. The van der Waals surface area contributed by atoms with E-state index in [9.17, 15) is 8.78 Å². The van der Waals surface area contributed by atoms with E-state index in [2.05, 4.69) is 0 Å². The van der Waals surface area contributed by atoms with E-state index in [0.29, 0.717) is 5.56 Å². The summed E-state index contributed by atoms with van der Waals surface area (Å²) < 4.78 is 26.9. The summed E-state index contributed by atoms with van der Waals surface area (Å²) in [5.41, 5.74) is 1.61. The van der Waals surface area contributed by atoms with E-state index in [0.717, 1.165) is 29.9 Å². The average molecular weight is 291 g/mol. The molecule has 0 aliphatic heterocycles. The molecule has 0 N–H and O–H groups in total. The fraction of sp³-hybridized carbons (Fsp3) is 0. The van der Waals surface area contributed by atoms with Crippen molar-refractivity contribution in [1.82, 2.24) is 0 Å². The molecular weight excluding hydrogens is 283 g/mol. The minimum absolute atomic E-state index is 0. The SMILES string of the molecule is Cl.Fc1ccc(-c2cc[c]([Zn])cc2)cc1F. The summed E-state index contributed by atoms with van der Waals surface area (Å²) >= 11 is 1.10. The molecule has 2 aromatic carbocycles. The van der Waals surface area contributed by atoms with Crippen LogP contribution in [0.25, 0.3) is 11.1 Å². The van der Waals surface area contributed by atoms with Crippen LogP contribution in [0.3, 0.4) is 0 Å². The maximum atomic E-state index is 13.0. The van der Waals surface area contributed by atoms with Crippen molar-refractivity contribution in [3.05, 3.63) is 54.1 Å². The van der Waals surface area contributed by atoms with Crippen LogP contribution in [0.1, 0.15) is 0 Å². The van der Waals surface area contributed by atoms with E-state index in [4.69, 9.17) is 0 Å². The molecule has 0 saturated carbocycles. The molecule has 0 unspecified atom stereocenters. The number of benzene rings is 2. The molecule has 0 spiro atoms. The van der Waals surface area contributed by atoms with Crippen LogP contribution in [0.4, 0.5) is 8.78 Å². The topological polar surface area (TPSA) is 0 Å². The van der Waals surface area contributed by atoms with Gasteiger partial charge in [-0.2, -0.15) is 0 Å². The van der Waals surface area contributed by atoms with E-state index >= 15 is 0 Å². The standard InChI is InChI=1S/C12H7F2.ClH.Zn/c13-11-7-6-10(8-12(11)14)9-4-2-1-3-5-9;;/h2-8H;1H;. The van der Waals surface area contributed by atoms with Crippen LogP contribution >= 0.6 is 12.4 Å². The third-order valence-corrected chi connectivity index (χ3v) is 3.20. The molecule has 0 aliphatic carbocycles. The fourth-order valence-corrected chi connectivity index (χ4v) is 1.87. The van der Waals surface area contributed by atoms with E-state index in [-0.39, 0.29) is 12.4 Å². The first-order valence-corrected chi connectivity index (χ1v) is 6.02. The predicted molar refractivity (Wildman–Crippen MR) is 58.7 cm³/mol. The molecule has 0 aromatic heterocycles. The van der Waals surface area contributed by atoms with Gasteiger partial charge in [0, 0.05) is 0 Å². The molecule has 79 valence electrons. The molecule has 0 atom stereocenters. The van der Waals surface area contributed by atoms with E-state index in [1.165, 1.54) is 10.2 Å². The van der Waals surface area contributed by atoms with Crippen LogP contribution in [0.5, 0.6) is 0 Å². The zero-order valence-corrected chi connectivity index (χ0v) is 12.2. The number of halogens is 3. The monoisotopic (exact) mass is 289 g/mol. The minimum atomic E-state index is -0.808. The Morgan fingerprint density at radius 3 is 1.88 bits per heavy atom. The van der Waals surface area contributed by atoms with Crippen molar-refractivity contribution in [3.63, 3.8) is 0 Å². The summed E-state index contributed by atoms with van der Waals surface area (Å²) in [7, 11) is 0. The summed E-state index contributed by atoms with van der Waals surface area (Å²) in [5.74, 6) is -1.61. The molecule has 0 aliphatic rings. The normalized spacial score (nSPS) is 9.75. The summed E-state index contributed by atoms with van der Waals surface area (Å²) in [4.78, 5) is 0. The molecular formula is C12H8ClF2Zn. The molecule has 4 heteroatoms. The second-order valence-electron chi connectivity index (χ2n) is 3.33. The molecule has 0 amide bonds. The third-order valence-electron chi connectivity index (χ3n) is 2.21.